The van der Waals surface area contributed by atoms with Gasteiger partial charge in [-0.05, 0) is 68.7 Å². The van der Waals surface area contributed by atoms with Crippen molar-refractivity contribution in [1.82, 2.24) is 9.78 Å². The van der Waals surface area contributed by atoms with Gasteiger partial charge in [-0.25, -0.2) is 0 Å². The summed E-state index contributed by atoms with van der Waals surface area (Å²) in [5.74, 6) is -0.444. The summed E-state index contributed by atoms with van der Waals surface area (Å²) in [4.78, 5) is 15.0. The van der Waals surface area contributed by atoms with Crippen LogP contribution in [-0.2, 0) is 12.7 Å². The quantitative estimate of drug-likeness (QED) is 0.574. The van der Waals surface area contributed by atoms with Gasteiger partial charge in [-0.1, -0.05) is 12.1 Å². The zero-order valence-corrected chi connectivity index (χ0v) is 18.0. The van der Waals surface area contributed by atoms with Gasteiger partial charge in [0, 0.05) is 24.3 Å². The number of nitrogens with zero attached hydrogens (tertiary/aromatic N) is 3. The van der Waals surface area contributed by atoms with Crippen LogP contribution >= 0.6 is 0 Å². The number of nitrogens with one attached hydrogen (secondary N) is 1. The first-order valence-electron chi connectivity index (χ1n) is 10.6. The molecule has 1 N–H and O–H groups in total. The number of benzene rings is 2. The fraction of sp³-hybridized carbons (Fsp3) is 0.333. The summed E-state index contributed by atoms with van der Waals surface area (Å²) in [6, 6.07) is 12.6. The SMILES string of the molecule is Cc1cc(C)n(Cc2cccc(C(=O)Nc3cc(C(F)(F)F)ccc3N3CCCC3)c2)n1. The predicted molar refractivity (Wildman–Crippen MR) is 118 cm³/mol. The average molecular weight is 442 g/mol. The predicted octanol–water partition coefficient (Wildman–Crippen LogP) is 5.42. The van der Waals surface area contributed by atoms with Gasteiger partial charge >= 0.3 is 6.18 Å². The minimum absolute atomic E-state index is 0.177. The molecule has 1 amide bonds. The van der Waals surface area contributed by atoms with E-state index < -0.39 is 17.6 Å². The van der Waals surface area contributed by atoms with Gasteiger partial charge in [0.1, 0.15) is 0 Å². The molecule has 0 unspecified atom stereocenters. The molecular formula is C24H25F3N4O. The number of hydrogen-bond acceptors (Lipinski definition) is 3. The Bertz CT molecular complexity index is 1130. The van der Waals surface area contributed by atoms with Crippen LogP contribution in [-0.4, -0.2) is 28.8 Å². The summed E-state index contributed by atoms with van der Waals surface area (Å²) in [5.41, 5.74) is 3.20. The first-order valence-corrected chi connectivity index (χ1v) is 10.6. The van der Waals surface area contributed by atoms with Gasteiger partial charge in [0.25, 0.3) is 5.91 Å². The number of carbonyl (C=O) groups excluding carboxylic acids is 1. The Balaban J connectivity index is 1.60. The van der Waals surface area contributed by atoms with Gasteiger partial charge in [0.15, 0.2) is 0 Å². The topological polar surface area (TPSA) is 50.2 Å². The normalized spacial score (nSPS) is 14.1. The van der Waals surface area contributed by atoms with Crippen molar-refractivity contribution < 1.29 is 18.0 Å². The van der Waals surface area contributed by atoms with E-state index >= 15 is 0 Å². The fourth-order valence-corrected chi connectivity index (χ4v) is 4.06. The van der Waals surface area contributed by atoms with Crippen molar-refractivity contribution in [1.29, 1.82) is 0 Å². The molecule has 0 atom stereocenters. The van der Waals surface area contributed by atoms with Crippen molar-refractivity contribution in [2.45, 2.75) is 39.4 Å². The lowest BCUT2D eigenvalue weighted by atomic mass is 10.1. The maximum absolute atomic E-state index is 13.3. The molecule has 0 aliphatic carbocycles. The number of anilines is 2. The van der Waals surface area contributed by atoms with E-state index in [0.29, 0.717) is 17.8 Å². The molecular weight excluding hydrogens is 417 g/mol. The molecule has 1 aromatic heterocycles. The summed E-state index contributed by atoms with van der Waals surface area (Å²) >= 11 is 0. The summed E-state index contributed by atoms with van der Waals surface area (Å²) in [7, 11) is 0. The molecule has 1 aliphatic heterocycles. The largest absolute Gasteiger partial charge is 0.416 e. The molecule has 0 radical (unpaired) electrons. The van der Waals surface area contributed by atoms with Crippen LogP contribution in [0.15, 0.2) is 48.5 Å². The third-order valence-electron chi connectivity index (χ3n) is 5.64. The van der Waals surface area contributed by atoms with Crippen LogP contribution in [0.4, 0.5) is 24.5 Å². The lowest BCUT2D eigenvalue weighted by Crippen LogP contribution is -2.22. The van der Waals surface area contributed by atoms with Crippen LogP contribution in [0.2, 0.25) is 0 Å². The molecule has 1 saturated heterocycles. The van der Waals surface area contributed by atoms with Crippen LogP contribution in [0.1, 0.15) is 45.7 Å². The van der Waals surface area contributed by atoms with Gasteiger partial charge in [-0.2, -0.15) is 18.3 Å². The Labute approximate surface area is 184 Å². The zero-order chi connectivity index (χ0) is 22.9. The number of rotatable bonds is 5. The molecule has 0 bridgehead atoms. The number of hydrogen-bond donors (Lipinski definition) is 1. The van der Waals surface area contributed by atoms with E-state index in [1.807, 2.05) is 35.6 Å². The van der Waals surface area contributed by atoms with Gasteiger partial charge in [0.05, 0.1) is 29.2 Å². The van der Waals surface area contributed by atoms with Crippen LogP contribution in [0.25, 0.3) is 0 Å². The number of carbonyl (C=O) groups is 1. The molecule has 168 valence electrons. The number of amides is 1. The van der Waals surface area contributed by atoms with Crippen molar-refractivity contribution in [3.05, 3.63) is 76.6 Å². The highest BCUT2D eigenvalue weighted by molar-refractivity contribution is 6.06. The van der Waals surface area contributed by atoms with Gasteiger partial charge in [-0.15, -0.1) is 0 Å². The highest BCUT2D eigenvalue weighted by Crippen LogP contribution is 2.36. The van der Waals surface area contributed by atoms with E-state index in [1.165, 1.54) is 6.07 Å². The molecule has 1 fully saturated rings. The van der Waals surface area contributed by atoms with Crippen molar-refractivity contribution in [2.24, 2.45) is 0 Å². The van der Waals surface area contributed by atoms with Crippen LogP contribution < -0.4 is 10.2 Å². The Hall–Kier alpha value is -3.29. The first-order chi connectivity index (χ1) is 15.2. The van der Waals surface area contributed by atoms with E-state index in [1.54, 1.807) is 18.2 Å². The number of aryl methyl sites for hydroxylation is 2. The van der Waals surface area contributed by atoms with E-state index in [2.05, 4.69) is 10.4 Å². The second kappa shape index (κ2) is 8.68. The molecule has 0 spiro atoms. The van der Waals surface area contributed by atoms with E-state index in [9.17, 15) is 18.0 Å². The summed E-state index contributed by atoms with van der Waals surface area (Å²) < 4.78 is 41.7. The minimum atomic E-state index is -4.48. The van der Waals surface area contributed by atoms with Gasteiger partial charge < -0.3 is 10.2 Å². The van der Waals surface area contributed by atoms with Crippen molar-refractivity contribution in [2.75, 3.05) is 23.3 Å². The van der Waals surface area contributed by atoms with Crippen LogP contribution in [0.3, 0.4) is 0 Å². The standard InChI is InChI=1S/C24H25F3N4O/c1-16-12-17(2)31(29-16)15-18-6-5-7-19(13-18)23(32)28-21-14-20(24(25,26)27)8-9-22(21)30-10-3-4-11-30/h5-9,12-14H,3-4,10-11,15H2,1-2H3,(H,28,32). The minimum Gasteiger partial charge on any atom is -0.370 e. The second-order valence-electron chi connectivity index (χ2n) is 8.16. The summed E-state index contributed by atoms with van der Waals surface area (Å²) in [5, 5.41) is 7.16. The average Bonchev–Trinajstić information content (AvgIpc) is 3.37. The Kier molecular flexibility index (Phi) is 5.95. The molecule has 3 aromatic rings. The Morgan fingerprint density at radius 2 is 1.81 bits per heavy atom. The molecule has 1 aliphatic rings. The maximum Gasteiger partial charge on any atom is 0.416 e. The number of alkyl halides is 3. The lowest BCUT2D eigenvalue weighted by Gasteiger charge is -2.23. The molecule has 2 aromatic carbocycles. The molecule has 8 heteroatoms. The highest BCUT2D eigenvalue weighted by atomic mass is 19.4. The smallest absolute Gasteiger partial charge is 0.370 e. The number of halogens is 3. The number of aromatic nitrogens is 2. The summed E-state index contributed by atoms with van der Waals surface area (Å²) in [6.45, 7) is 5.90. The molecule has 4 rings (SSSR count). The monoisotopic (exact) mass is 442 g/mol. The molecule has 32 heavy (non-hydrogen) atoms. The van der Waals surface area contributed by atoms with E-state index in [-0.39, 0.29) is 5.69 Å². The zero-order valence-electron chi connectivity index (χ0n) is 18.0. The maximum atomic E-state index is 13.3. The lowest BCUT2D eigenvalue weighted by molar-refractivity contribution is -0.137. The second-order valence-corrected chi connectivity index (χ2v) is 8.16. The first kappa shape index (κ1) is 21.9. The third-order valence-corrected chi connectivity index (χ3v) is 5.64. The fourth-order valence-electron chi connectivity index (χ4n) is 4.06. The van der Waals surface area contributed by atoms with E-state index in [0.717, 1.165) is 55.0 Å². The van der Waals surface area contributed by atoms with E-state index in [4.69, 9.17) is 0 Å². The van der Waals surface area contributed by atoms with Crippen molar-refractivity contribution in [3.8, 4) is 0 Å². The Morgan fingerprint density at radius 3 is 2.47 bits per heavy atom. The van der Waals surface area contributed by atoms with Crippen molar-refractivity contribution >= 4 is 17.3 Å². The Morgan fingerprint density at radius 1 is 1.06 bits per heavy atom. The van der Waals surface area contributed by atoms with Gasteiger partial charge in [-0.3, -0.25) is 9.48 Å². The molecule has 5 nitrogen and oxygen atoms in total. The van der Waals surface area contributed by atoms with Crippen molar-refractivity contribution in [3.63, 3.8) is 0 Å². The van der Waals surface area contributed by atoms with Gasteiger partial charge in [0.2, 0.25) is 0 Å². The molecule has 0 saturated carbocycles. The molecule has 2 heterocycles. The summed E-state index contributed by atoms with van der Waals surface area (Å²) in [6.07, 6.45) is -2.53. The third kappa shape index (κ3) is 4.79. The van der Waals surface area contributed by atoms with Crippen LogP contribution in [0, 0.1) is 13.8 Å². The highest BCUT2D eigenvalue weighted by Gasteiger charge is 2.32. The van der Waals surface area contributed by atoms with Crippen LogP contribution in [0.5, 0.6) is 0 Å².